The molecule has 0 bridgehead atoms. The second-order valence-electron chi connectivity index (χ2n) is 4.02. The molecule has 5 heteroatoms. The van der Waals surface area contributed by atoms with Gasteiger partial charge in [0.25, 0.3) is 5.91 Å². The van der Waals surface area contributed by atoms with Crippen molar-refractivity contribution in [1.29, 1.82) is 0 Å². The van der Waals surface area contributed by atoms with Crippen molar-refractivity contribution in [3.05, 3.63) is 34.2 Å². The molecule has 17 heavy (non-hydrogen) atoms. The molecule has 1 amide bonds. The van der Waals surface area contributed by atoms with Gasteiger partial charge in [-0.2, -0.15) is 0 Å². The van der Waals surface area contributed by atoms with E-state index in [0.717, 1.165) is 0 Å². The Labute approximate surface area is 99.9 Å². The van der Waals surface area contributed by atoms with Gasteiger partial charge >= 0.3 is 0 Å². The highest BCUT2D eigenvalue weighted by molar-refractivity contribution is 5.94. The number of aromatic nitrogens is 1. The molecule has 0 aliphatic rings. The third-order valence-electron chi connectivity index (χ3n) is 3.10. The van der Waals surface area contributed by atoms with Crippen LogP contribution in [0.4, 0.5) is 0 Å². The maximum Gasteiger partial charge on any atom is 0.257 e. The molecule has 0 aliphatic carbocycles. The molecule has 0 fully saturated rings. The molecule has 0 spiro atoms. The number of rotatable bonds is 5. The van der Waals surface area contributed by atoms with Gasteiger partial charge in [-0.1, -0.05) is 13.8 Å². The lowest BCUT2D eigenvalue weighted by molar-refractivity contribution is 0.0816. The van der Waals surface area contributed by atoms with Crippen molar-refractivity contribution < 1.29 is 9.90 Å². The van der Waals surface area contributed by atoms with Crippen LogP contribution in [0.25, 0.3) is 0 Å². The van der Waals surface area contributed by atoms with Gasteiger partial charge in [0, 0.05) is 18.5 Å². The zero-order valence-electron chi connectivity index (χ0n) is 10.1. The Morgan fingerprint density at radius 1 is 1.47 bits per heavy atom. The predicted octanol–water partition coefficient (Wildman–Crippen LogP) is 0.656. The Balaban J connectivity index is 2.93. The van der Waals surface area contributed by atoms with Gasteiger partial charge in [0.15, 0.2) is 5.43 Å². The number of aromatic amines is 1. The average molecular weight is 238 g/mol. The smallest absolute Gasteiger partial charge is 0.257 e. The summed E-state index contributed by atoms with van der Waals surface area (Å²) in [6, 6.07) is 1.30. The molecule has 1 aromatic rings. The first-order valence-corrected chi connectivity index (χ1v) is 5.69. The fourth-order valence-corrected chi connectivity index (χ4v) is 1.59. The molecular formula is C12H18N2O3. The van der Waals surface area contributed by atoms with Gasteiger partial charge in [0.2, 0.25) is 0 Å². The number of nitrogens with one attached hydrogen (secondary N) is 2. The van der Waals surface area contributed by atoms with Crippen LogP contribution in [0.5, 0.6) is 0 Å². The van der Waals surface area contributed by atoms with Gasteiger partial charge in [-0.05, 0) is 12.8 Å². The molecule has 0 atom stereocenters. The Morgan fingerprint density at radius 2 is 2.12 bits per heavy atom. The largest absolute Gasteiger partial charge is 0.394 e. The van der Waals surface area contributed by atoms with Crippen molar-refractivity contribution in [2.24, 2.45) is 0 Å². The fourth-order valence-electron chi connectivity index (χ4n) is 1.59. The number of aliphatic hydroxyl groups excluding tert-OH is 1. The van der Waals surface area contributed by atoms with Crippen LogP contribution in [0.2, 0.25) is 0 Å². The van der Waals surface area contributed by atoms with Gasteiger partial charge < -0.3 is 15.4 Å². The lowest BCUT2D eigenvalue weighted by Gasteiger charge is -2.30. The van der Waals surface area contributed by atoms with Crippen molar-refractivity contribution >= 4 is 5.91 Å². The van der Waals surface area contributed by atoms with E-state index < -0.39 is 11.4 Å². The Morgan fingerprint density at radius 3 is 2.59 bits per heavy atom. The molecule has 1 rings (SSSR count). The van der Waals surface area contributed by atoms with Crippen LogP contribution in [0, 0.1) is 0 Å². The van der Waals surface area contributed by atoms with E-state index in [9.17, 15) is 14.7 Å². The molecule has 5 nitrogen and oxygen atoms in total. The van der Waals surface area contributed by atoms with Gasteiger partial charge in [-0.3, -0.25) is 9.59 Å². The van der Waals surface area contributed by atoms with E-state index in [1.807, 2.05) is 13.8 Å². The molecule has 0 radical (unpaired) electrons. The molecular weight excluding hydrogens is 220 g/mol. The number of hydrogen-bond acceptors (Lipinski definition) is 3. The number of hydrogen-bond donors (Lipinski definition) is 3. The molecule has 0 aromatic carbocycles. The minimum Gasteiger partial charge on any atom is -0.394 e. The van der Waals surface area contributed by atoms with Crippen molar-refractivity contribution in [3.63, 3.8) is 0 Å². The average Bonchev–Trinajstić information content (AvgIpc) is 2.36. The minimum absolute atomic E-state index is 0.0622. The third-order valence-corrected chi connectivity index (χ3v) is 3.10. The molecule has 1 heterocycles. The number of pyridine rings is 1. The van der Waals surface area contributed by atoms with Gasteiger partial charge in [-0.15, -0.1) is 0 Å². The topological polar surface area (TPSA) is 82.2 Å². The van der Waals surface area contributed by atoms with Crippen molar-refractivity contribution in [2.75, 3.05) is 6.61 Å². The number of carbonyl (C=O) groups is 1. The number of amides is 1. The van der Waals surface area contributed by atoms with E-state index in [2.05, 4.69) is 10.3 Å². The minimum atomic E-state index is -0.653. The van der Waals surface area contributed by atoms with Gasteiger partial charge in [0.1, 0.15) is 5.56 Å². The summed E-state index contributed by atoms with van der Waals surface area (Å²) >= 11 is 0. The quantitative estimate of drug-likeness (QED) is 0.704. The monoisotopic (exact) mass is 238 g/mol. The van der Waals surface area contributed by atoms with E-state index >= 15 is 0 Å². The molecule has 94 valence electrons. The fraction of sp³-hybridized carbons (Fsp3) is 0.500. The second kappa shape index (κ2) is 5.63. The lowest BCUT2D eigenvalue weighted by Crippen LogP contribution is -2.51. The van der Waals surface area contributed by atoms with Crippen molar-refractivity contribution in [2.45, 2.75) is 32.2 Å². The van der Waals surface area contributed by atoms with Gasteiger partial charge in [0.05, 0.1) is 12.1 Å². The van der Waals surface area contributed by atoms with Crippen LogP contribution < -0.4 is 10.7 Å². The first kappa shape index (κ1) is 13.4. The molecule has 0 aliphatic heterocycles. The Hall–Kier alpha value is -1.62. The first-order chi connectivity index (χ1) is 8.08. The Bertz CT molecular complexity index is 427. The van der Waals surface area contributed by atoms with Crippen LogP contribution in [-0.4, -0.2) is 28.1 Å². The molecule has 3 N–H and O–H groups in total. The normalized spacial score (nSPS) is 11.2. The summed E-state index contributed by atoms with van der Waals surface area (Å²) in [7, 11) is 0. The van der Waals surface area contributed by atoms with Crippen molar-refractivity contribution in [1.82, 2.24) is 10.3 Å². The first-order valence-electron chi connectivity index (χ1n) is 5.69. The summed E-state index contributed by atoms with van der Waals surface area (Å²) < 4.78 is 0. The van der Waals surface area contributed by atoms with E-state index in [1.165, 1.54) is 18.5 Å². The summed E-state index contributed by atoms with van der Waals surface area (Å²) in [5, 5.41) is 12.1. The zero-order valence-corrected chi connectivity index (χ0v) is 10.1. The van der Waals surface area contributed by atoms with Crippen LogP contribution in [-0.2, 0) is 0 Å². The van der Waals surface area contributed by atoms with E-state index in [1.54, 1.807) is 0 Å². The highest BCUT2D eigenvalue weighted by Crippen LogP contribution is 2.14. The van der Waals surface area contributed by atoms with E-state index in [-0.39, 0.29) is 17.6 Å². The van der Waals surface area contributed by atoms with Gasteiger partial charge in [-0.25, -0.2) is 0 Å². The third kappa shape index (κ3) is 2.94. The highest BCUT2D eigenvalue weighted by Gasteiger charge is 2.28. The summed E-state index contributed by atoms with van der Waals surface area (Å²) in [6.07, 6.45) is 4.05. The highest BCUT2D eigenvalue weighted by atomic mass is 16.3. The van der Waals surface area contributed by atoms with Crippen LogP contribution in [0.1, 0.15) is 37.0 Å². The van der Waals surface area contributed by atoms with Crippen molar-refractivity contribution in [3.8, 4) is 0 Å². The predicted molar refractivity (Wildman–Crippen MR) is 64.9 cm³/mol. The number of aliphatic hydroxyl groups is 1. The maximum atomic E-state index is 11.9. The second-order valence-corrected chi connectivity index (χ2v) is 4.02. The maximum absolute atomic E-state index is 11.9. The Kier molecular flexibility index (Phi) is 4.45. The summed E-state index contributed by atoms with van der Waals surface area (Å²) in [4.78, 5) is 26.1. The van der Waals surface area contributed by atoms with E-state index in [0.29, 0.717) is 12.8 Å². The molecule has 0 unspecified atom stereocenters. The number of carbonyl (C=O) groups excluding carboxylic acids is 1. The standard InChI is InChI=1S/C12H18N2O3/c1-3-12(4-2,8-15)14-11(17)9-7-13-6-5-10(9)16/h5-7,15H,3-4,8H2,1-2H3,(H,13,16)(H,14,17). The number of H-pyrrole nitrogens is 1. The van der Waals surface area contributed by atoms with Crippen LogP contribution >= 0.6 is 0 Å². The van der Waals surface area contributed by atoms with Crippen LogP contribution in [0.15, 0.2) is 23.3 Å². The molecule has 1 aromatic heterocycles. The lowest BCUT2D eigenvalue weighted by atomic mass is 9.93. The SMILES string of the molecule is CCC(CC)(CO)NC(=O)c1c[nH]ccc1=O. The zero-order chi connectivity index (χ0) is 12.9. The van der Waals surface area contributed by atoms with E-state index in [4.69, 9.17) is 0 Å². The molecule has 0 saturated carbocycles. The van der Waals surface area contributed by atoms with Crippen LogP contribution in [0.3, 0.4) is 0 Å². The summed E-state index contributed by atoms with van der Waals surface area (Å²) in [6.45, 7) is 3.63. The molecule has 0 saturated heterocycles. The summed E-state index contributed by atoms with van der Waals surface area (Å²) in [5.41, 5.74) is -0.924. The summed E-state index contributed by atoms with van der Waals surface area (Å²) in [5.74, 6) is -0.454.